The SMILES string of the molecule is N#C[C@@H]1C[C@@H]1COc1nc(C(=O)CC23CC(C2)C3)cc(N2CCC(COc3cccnc3N)CC2)n1. The van der Waals surface area contributed by atoms with Gasteiger partial charge in [-0.3, -0.25) is 4.79 Å². The molecule has 4 aliphatic carbocycles. The van der Waals surface area contributed by atoms with E-state index in [1.54, 1.807) is 6.20 Å². The number of nitrogens with zero attached hydrogens (tertiary/aromatic N) is 5. The Kier molecular flexibility index (Phi) is 5.90. The van der Waals surface area contributed by atoms with Gasteiger partial charge in [0.25, 0.3) is 0 Å². The summed E-state index contributed by atoms with van der Waals surface area (Å²) in [5, 5.41) is 9.08. The Balaban J connectivity index is 1.11. The molecule has 0 amide bonds. The third-order valence-electron chi connectivity index (χ3n) is 8.41. The van der Waals surface area contributed by atoms with Gasteiger partial charge in [-0.15, -0.1) is 0 Å². The maximum absolute atomic E-state index is 13.2. The van der Waals surface area contributed by atoms with Crippen molar-refractivity contribution in [3.8, 4) is 17.8 Å². The fourth-order valence-corrected chi connectivity index (χ4v) is 5.92. The molecule has 188 valence electrons. The van der Waals surface area contributed by atoms with Crippen molar-refractivity contribution >= 4 is 17.4 Å². The molecular formula is C27H32N6O3. The molecule has 0 spiro atoms. The fraction of sp³-hybridized carbons (Fsp3) is 0.593. The molecule has 2 bridgehead atoms. The van der Waals surface area contributed by atoms with E-state index in [-0.39, 0.29) is 29.0 Å². The molecule has 4 saturated carbocycles. The molecule has 2 N–H and O–H groups in total. The largest absolute Gasteiger partial charge is 0.489 e. The van der Waals surface area contributed by atoms with Gasteiger partial charge in [0, 0.05) is 37.7 Å². The number of nitrogens with two attached hydrogens (primary N) is 1. The number of rotatable bonds is 10. The maximum Gasteiger partial charge on any atom is 0.319 e. The number of ether oxygens (including phenoxy) is 2. The zero-order chi connectivity index (χ0) is 24.7. The number of anilines is 2. The van der Waals surface area contributed by atoms with Crippen LogP contribution >= 0.6 is 0 Å². The van der Waals surface area contributed by atoms with Crippen molar-refractivity contribution in [2.24, 2.45) is 29.1 Å². The van der Waals surface area contributed by atoms with E-state index in [0.29, 0.717) is 42.8 Å². The van der Waals surface area contributed by atoms with Crippen molar-refractivity contribution in [2.75, 3.05) is 36.9 Å². The summed E-state index contributed by atoms with van der Waals surface area (Å²) in [5.74, 6) is 3.38. The van der Waals surface area contributed by atoms with Crippen molar-refractivity contribution < 1.29 is 14.3 Å². The molecule has 9 nitrogen and oxygen atoms in total. The summed E-state index contributed by atoms with van der Waals surface area (Å²) in [5.41, 5.74) is 6.56. The predicted molar refractivity (Wildman–Crippen MR) is 133 cm³/mol. The highest BCUT2D eigenvalue weighted by Gasteiger charge is 2.57. The number of carbonyl (C=O) groups is 1. The van der Waals surface area contributed by atoms with Crippen molar-refractivity contribution in [3.05, 3.63) is 30.1 Å². The quantitative estimate of drug-likeness (QED) is 0.498. The summed E-state index contributed by atoms with van der Waals surface area (Å²) in [4.78, 5) is 28.6. The smallest absolute Gasteiger partial charge is 0.319 e. The maximum atomic E-state index is 13.2. The Morgan fingerprint density at radius 2 is 2.00 bits per heavy atom. The molecule has 3 heterocycles. The number of hydrogen-bond acceptors (Lipinski definition) is 9. The number of aromatic nitrogens is 3. The van der Waals surface area contributed by atoms with Crippen LogP contribution in [0.2, 0.25) is 0 Å². The van der Waals surface area contributed by atoms with Gasteiger partial charge in [-0.25, -0.2) is 4.98 Å². The lowest BCUT2D eigenvalue weighted by atomic mass is 9.43. The van der Waals surface area contributed by atoms with Gasteiger partial charge in [0.1, 0.15) is 11.5 Å². The van der Waals surface area contributed by atoms with Gasteiger partial charge in [-0.1, -0.05) is 0 Å². The molecule has 1 aliphatic heterocycles. The Morgan fingerprint density at radius 3 is 2.67 bits per heavy atom. The third-order valence-corrected chi connectivity index (χ3v) is 8.41. The van der Waals surface area contributed by atoms with Gasteiger partial charge in [0.05, 0.1) is 25.2 Å². The van der Waals surface area contributed by atoms with Gasteiger partial charge in [-0.05, 0) is 67.9 Å². The average Bonchev–Trinajstić information content (AvgIpc) is 3.62. The lowest BCUT2D eigenvalue weighted by molar-refractivity contribution is -0.103. The van der Waals surface area contributed by atoms with E-state index in [1.807, 2.05) is 18.2 Å². The van der Waals surface area contributed by atoms with Gasteiger partial charge < -0.3 is 20.1 Å². The second kappa shape index (κ2) is 9.23. The number of pyridine rings is 1. The van der Waals surface area contributed by atoms with Crippen molar-refractivity contribution in [1.29, 1.82) is 5.26 Å². The number of Topliss-reactive ketones (excluding diaryl/α,β-unsaturated/α-hetero) is 1. The Morgan fingerprint density at radius 1 is 1.19 bits per heavy atom. The van der Waals surface area contributed by atoms with Gasteiger partial charge in [0.2, 0.25) is 0 Å². The van der Waals surface area contributed by atoms with Crippen LogP contribution < -0.4 is 20.1 Å². The third kappa shape index (κ3) is 4.69. The van der Waals surface area contributed by atoms with E-state index in [2.05, 4.69) is 25.9 Å². The zero-order valence-electron chi connectivity index (χ0n) is 20.4. The molecule has 36 heavy (non-hydrogen) atoms. The van der Waals surface area contributed by atoms with Gasteiger partial charge >= 0.3 is 6.01 Å². The van der Waals surface area contributed by atoms with E-state index in [1.165, 1.54) is 19.3 Å². The van der Waals surface area contributed by atoms with E-state index >= 15 is 0 Å². The molecule has 9 heteroatoms. The molecule has 0 unspecified atom stereocenters. The van der Waals surface area contributed by atoms with Crippen molar-refractivity contribution in [1.82, 2.24) is 15.0 Å². The van der Waals surface area contributed by atoms with E-state index < -0.39 is 0 Å². The minimum Gasteiger partial charge on any atom is -0.489 e. The first-order valence-electron chi connectivity index (χ1n) is 13.0. The first kappa shape index (κ1) is 23.0. The summed E-state index contributed by atoms with van der Waals surface area (Å²) < 4.78 is 11.8. The fourth-order valence-electron chi connectivity index (χ4n) is 5.92. The summed E-state index contributed by atoms with van der Waals surface area (Å²) in [7, 11) is 0. The van der Waals surface area contributed by atoms with Crippen LogP contribution in [-0.4, -0.2) is 47.0 Å². The van der Waals surface area contributed by atoms with Crippen LogP contribution in [0.25, 0.3) is 0 Å². The minimum atomic E-state index is 0.0572. The number of ketones is 1. The Hall–Kier alpha value is -3.41. The summed E-state index contributed by atoms with van der Waals surface area (Å²) >= 11 is 0. The highest BCUT2D eigenvalue weighted by atomic mass is 16.5. The highest BCUT2D eigenvalue weighted by molar-refractivity contribution is 5.95. The van der Waals surface area contributed by atoms with Gasteiger partial charge in [0.15, 0.2) is 17.4 Å². The van der Waals surface area contributed by atoms with E-state index in [0.717, 1.165) is 44.1 Å². The first-order chi connectivity index (χ1) is 17.5. The standard InChI is InChI=1S/C27H32N6O3/c28-14-19-8-20(19)16-36-26-31-21(22(34)13-27-10-18(11-27)12-27)9-24(32-26)33-6-3-17(4-7-33)15-35-23-2-1-5-30-25(23)29/h1-2,5,9,17-20H,3-4,6-8,10-13,15-16H2,(H2,29,30)/t18?,19-,20+,27?/m0/s1. The van der Waals surface area contributed by atoms with Crippen molar-refractivity contribution in [2.45, 2.75) is 44.9 Å². The monoisotopic (exact) mass is 488 g/mol. The Labute approximate surface area is 211 Å². The second-order valence-corrected chi connectivity index (χ2v) is 11.1. The second-order valence-electron chi connectivity index (χ2n) is 11.1. The molecule has 2 atom stereocenters. The lowest BCUT2D eigenvalue weighted by Gasteiger charge is -2.61. The number of nitriles is 1. The molecule has 5 fully saturated rings. The number of hydrogen-bond donors (Lipinski definition) is 1. The van der Waals surface area contributed by atoms with Crippen molar-refractivity contribution in [3.63, 3.8) is 0 Å². The minimum absolute atomic E-state index is 0.0572. The molecule has 0 radical (unpaired) electrons. The summed E-state index contributed by atoms with van der Waals surface area (Å²) in [6.45, 7) is 2.63. The first-order valence-corrected chi connectivity index (χ1v) is 13.0. The number of piperidine rings is 1. The predicted octanol–water partition coefficient (Wildman–Crippen LogP) is 3.66. The number of nitrogen functional groups attached to an aromatic ring is 1. The average molecular weight is 489 g/mol. The number of carbonyl (C=O) groups excluding carboxylic acids is 1. The lowest BCUT2D eigenvalue weighted by Crippen LogP contribution is -2.52. The van der Waals surface area contributed by atoms with Crippen LogP contribution in [0, 0.1) is 40.4 Å². The Bertz CT molecular complexity index is 1170. The molecule has 7 rings (SSSR count). The molecule has 0 aromatic carbocycles. The van der Waals surface area contributed by atoms with Crippen LogP contribution in [0.3, 0.4) is 0 Å². The highest BCUT2D eigenvalue weighted by Crippen LogP contribution is 2.66. The zero-order valence-corrected chi connectivity index (χ0v) is 20.4. The molecular weight excluding hydrogens is 456 g/mol. The van der Waals surface area contributed by atoms with Crippen LogP contribution in [0.15, 0.2) is 24.4 Å². The van der Waals surface area contributed by atoms with Gasteiger partial charge in [-0.2, -0.15) is 15.2 Å². The van der Waals surface area contributed by atoms with Crippen LogP contribution in [0.5, 0.6) is 11.8 Å². The molecule has 5 aliphatic rings. The van der Waals surface area contributed by atoms with E-state index in [4.69, 9.17) is 20.5 Å². The summed E-state index contributed by atoms with van der Waals surface area (Å²) in [6, 6.07) is 8.02. The molecule has 2 aromatic rings. The molecule has 1 saturated heterocycles. The molecule has 2 aromatic heterocycles. The van der Waals surface area contributed by atoms with E-state index in [9.17, 15) is 4.79 Å². The van der Waals surface area contributed by atoms with Crippen LogP contribution in [0.4, 0.5) is 11.6 Å². The summed E-state index contributed by atoms with van der Waals surface area (Å²) in [6.07, 6.45) is 8.49. The van der Waals surface area contributed by atoms with Crippen LogP contribution in [0.1, 0.15) is 55.4 Å². The topological polar surface area (TPSA) is 127 Å². The normalized spacial score (nSPS) is 28.4. The van der Waals surface area contributed by atoms with Crippen LogP contribution in [-0.2, 0) is 0 Å².